The highest BCUT2D eigenvalue weighted by atomic mass is 16.5. The van der Waals surface area contributed by atoms with Crippen LogP contribution in [-0.2, 0) is 20.7 Å². The predicted octanol–water partition coefficient (Wildman–Crippen LogP) is 1.55. The number of carbonyl (C=O) groups is 2. The molecule has 0 spiro atoms. The summed E-state index contributed by atoms with van der Waals surface area (Å²) in [6.45, 7) is 2.99. The van der Waals surface area contributed by atoms with Gasteiger partial charge in [-0.2, -0.15) is 0 Å². The zero-order valence-electron chi connectivity index (χ0n) is 12.2. The molecule has 2 rings (SSSR count). The van der Waals surface area contributed by atoms with E-state index in [0.717, 1.165) is 12.2 Å². The van der Waals surface area contributed by atoms with Crippen molar-refractivity contribution >= 4 is 11.9 Å². The van der Waals surface area contributed by atoms with Gasteiger partial charge in [-0.05, 0) is 18.6 Å². The van der Waals surface area contributed by atoms with E-state index in [9.17, 15) is 14.7 Å². The van der Waals surface area contributed by atoms with Crippen LogP contribution >= 0.6 is 0 Å². The lowest BCUT2D eigenvalue weighted by atomic mass is 10.0. The Morgan fingerprint density at radius 1 is 1.43 bits per heavy atom. The first-order valence-electron chi connectivity index (χ1n) is 7.26. The summed E-state index contributed by atoms with van der Waals surface area (Å²) in [6, 6.07) is 3.25. The van der Waals surface area contributed by atoms with Crippen LogP contribution < -0.4 is 0 Å². The molecule has 1 aliphatic heterocycles. The van der Waals surface area contributed by atoms with Gasteiger partial charge in [0.2, 0.25) is 5.91 Å². The molecule has 2 heterocycles. The largest absolute Gasteiger partial charge is 0.481 e. The van der Waals surface area contributed by atoms with Crippen LogP contribution in [-0.4, -0.2) is 47.7 Å². The van der Waals surface area contributed by atoms with Crippen molar-refractivity contribution in [2.75, 3.05) is 19.8 Å². The monoisotopic (exact) mass is 295 g/mol. The van der Waals surface area contributed by atoms with E-state index in [2.05, 4.69) is 0 Å². The summed E-state index contributed by atoms with van der Waals surface area (Å²) in [5, 5.41) is 9.23. The third-order valence-electron chi connectivity index (χ3n) is 3.72. The smallest absolute Gasteiger partial charge is 0.311 e. The number of furan rings is 1. The molecule has 2 atom stereocenters. The van der Waals surface area contributed by atoms with Crippen molar-refractivity contribution in [3.8, 4) is 0 Å². The lowest BCUT2D eigenvalue weighted by Crippen LogP contribution is -2.47. The van der Waals surface area contributed by atoms with Crippen LogP contribution in [0.5, 0.6) is 0 Å². The van der Waals surface area contributed by atoms with Gasteiger partial charge in [0, 0.05) is 19.4 Å². The highest BCUT2D eigenvalue weighted by molar-refractivity contribution is 5.78. The quantitative estimate of drug-likeness (QED) is 0.825. The third-order valence-corrected chi connectivity index (χ3v) is 3.72. The van der Waals surface area contributed by atoms with Gasteiger partial charge in [0.1, 0.15) is 11.7 Å². The molecule has 0 aliphatic carbocycles. The number of hydrogen-bond acceptors (Lipinski definition) is 4. The van der Waals surface area contributed by atoms with Gasteiger partial charge in [-0.25, -0.2) is 0 Å². The number of aryl methyl sites for hydroxylation is 1. The van der Waals surface area contributed by atoms with Crippen LogP contribution in [0.3, 0.4) is 0 Å². The zero-order chi connectivity index (χ0) is 15.2. The fourth-order valence-corrected chi connectivity index (χ4v) is 2.63. The average molecular weight is 295 g/mol. The van der Waals surface area contributed by atoms with E-state index in [1.54, 1.807) is 17.2 Å². The molecule has 1 aliphatic rings. The number of amides is 1. The van der Waals surface area contributed by atoms with Gasteiger partial charge >= 0.3 is 5.97 Å². The van der Waals surface area contributed by atoms with E-state index in [1.807, 2.05) is 13.0 Å². The summed E-state index contributed by atoms with van der Waals surface area (Å²) in [5.41, 5.74) is 0. The van der Waals surface area contributed by atoms with Crippen LogP contribution in [0.4, 0.5) is 0 Å². The summed E-state index contributed by atoms with van der Waals surface area (Å²) in [6.07, 6.45) is 3.21. The Balaban J connectivity index is 1.99. The summed E-state index contributed by atoms with van der Waals surface area (Å²) in [5.74, 6) is -0.825. The normalized spacial score (nSPS) is 21.4. The van der Waals surface area contributed by atoms with Crippen molar-refractivity contribution < 1.29 is 23.8 Å². The second-order valence-electron chi connectivity index (χ2n) is 5.22. The lowest BCUT2D eigenvalue weighted by molar-refractivity contribution is -0.145. The summed E-state index contributed by atoms with van der Waals surface area (Å²) in [7, 11) is 0. The van der Waals surface area contributed by atoms with Crippen molar-refractivity contribution in [2.24, 2.45) is 5.92 Å². The molecule has 1 amide bonds. The Bertz CT molecular complexity index is 470. The fourth-order valence-electron chi connectivity index (χ4n) is 2.63. The van der Waals surface area contributed by atoms with Crippen LogP contribution in [0.15, 0.2) is 22.8 Å². The second kappa shape index (κ2) is 7.26. The Hall–Kier alpha value is -1.82. The number of hydrogen-bond donors (Lipinski definition) is 1. The molecule has 116 valence electrons. The third kappa shape index (κ3) is 3.85. The maximum absolute atomic E-state index is 12.4. The molecule has 0 bridgehead atoms. The first-order valence-corrected chi connectivity index (χ1v) is 7.26. The van der Waals surface area contributed by atoms with Gasteiger partial charge < -0.3 is 19.2 Å². The number of carbonyl (C=O) groups excluding carboxylic acids is 1. The van der Waals surface area contributed by atoms with Crippen LogP contribution in [0.2, 0.25) is 0 Å². The highest BCUT2D eigenvalue weighted by Gasteiger charge is 2.39. The van der Waals surface area contributed by atoms with Gasteiger partial charge in [0.25, 0.3) is 0 Å². The van der Waals surface area contributed by atoms with E-state index in [0.29, 0.717) is 26.0 Å². The molecule has 0 saturated carbocycles. The van der Waals surface area contributed by atoms with Crippen molar-refractivity contribution in [1.82, 2.24) is 4.90 Å². The molecule has 0 radical (unpaired) electrons. The molecule has 1 aromatic rings. The highest BCUT2D eigenvalue weighted by Crippen LogP contribution is 2.21. The average Bonchev–Trinajstić information content (AvgIpc) is 3.12. The Morgan fingerprint density at radius 3 is 2.86 bits per heavy atom. The molecule has 1 fully saturated rings. The maximum Gasteiger partial charge on any atom is 0.311 e. The molecule has 21 heavy (non-hydrogen) atoms. The minimum absolute atomic E-state index is 0.0463. The molecular formula is C15H21NO5. The van der Waals surface area contributed by atoms with Crippen LogP contribution in [0, 0.1) is 5.92 Å². The van der Waals surface area contributed by atoms with Gasteiger partial charge in [-0.15, -0.1) is 0 Å². The topological polar surface area (TPSA) is 80.0 Å². The molecular weight excluding hydrogens is 274 g/mol. The summed E-state index contributed by atoms with van der Waals surface area (Å²) >= 11 is 0. The van der Waals surface area contributed by atoms with E-state index in [-0.39, 0.29) is 18.6 Å². The standard InChI is InChI=1S/C15H21NO5/c1-2-7-16(13-10-20-9-12(13)15(18)19)14(17)6-5-11-4-3-8-21-11/h3-4,8,12-13H,2,5-7,9-10H2,1H3,(H,18,19). The van der Waals surface area contributed by atoms with Crippen molar-refractivity contribution in [2.45, 2.75) is 32.2 Å². The number of carboxylic acids is 1. The maximum atomic E-state index is 12.4. The van der Waals surface area contributed by atoms with Crippen molar-refractivity contribution in [1.29, 1.82) is 0 Å². The first-order chi connectivity index (χ1) is 10.1. The molecule has 1 N–H and O–H groups in total. The van der Waals surface area contributed by atoms with Crippen LogP contribution in [0.25, 0.3) is 0 Å². The first kappa shape index (κ1) is 15.6. The molecule has 6 heteroatoms. The number of aliphatic carboxylic acids is 1. The van der Waals surface area contributed by atoms with Gasteiger partial charge in [0.15, 0.2) is 0 Å². The SMILES string of the molecule is CCCN(C(=O)CCc1ccco1)C1COCC1C(=O)O. The van der Waals surface area contributed by atoms with Crippen molar-refractivity contribution in [3.63, 3.8) is 0 Å². The zero-order valence-corrected chi connectivity index (χ0v) is 12.2. The predicted molar refractivity (Wildman–Crippen MR) is 74.8 cm³/mol. The summed E-state index contributed by atoms with van der Waals surface area (Å²) < 4.78 is 10.5. The van der Waals surface area contributed by atoms with Gasteiger partial charge in [-0.1, -0.05) is 6.92 Å². The molecule has 0 aromatic carbocycles. The minimum Gasteiger partial charge on any atom is -0.481 e. The van der Waals surface area contributed by atoms with E-state index >= 15 is 0 Å². The van der Waals surface area contributed by atoms with E-state index < -0.39 is 11.9 Å². The lowest BCUT2D eigenvalue weighted by Gasteiger charge is -2.30. The number of nitrogens with zero attached hydrogens (tertiary/aromatic N) is 1. The molecule has 2 unspecified atom stereocenters. The number of ether oxygens (including phenoxy) is 1. The molecule has 6 nitrogen and oxygen atoms in total. The Labute approximate surface area is 123 Å². The Morgan fingerprint density at radius 2 is 2.24 bits per heavy atom. The number of rotatable bonds is 7. The molecule has 1 aromatic heterocycles. The second-order valence-corrected chi connectivity index (χ2v) is 5.22. The minimum atomic E-state index is -0.905. The van der Waals surface area contributed by atoms with Crippen LogP contribution in [0.1, 0.15) is 25.5 Å². The van der Waals surface area contributed by atoms with E-state index in [1.165, 1.54) is 0 Å². The fraction of sp³-hybridized carbons (Fsp3) is 0.600. The van der Waals surface area contributed by atoms with Crippen molar-refractivity contribution in [3.05, 3.63) is 24.2 Å². The molecule has 1 saturated heterocycles. The number of carboxylic acid groups (broad SMARTS) is 1. The Kier molecular flexibility index (Phi) is 5.38. The van der Waals surface area contributed by atoms with Gasteiger partial charge in [-0.3, -0.25) is 9.59 Å². The van der Waals surface area contributed by atoms with E-state index in [4.69, 9.17) is 9.15 Å². The summed E-state index contributed by atoms with van der Waals surface area (Å²) in [4.78, 5) is 25.3. The van der Waals surface area contributed by atoms with Gasteiger partial charge in [0.05, 0.1) is 25.5 Å².